The van der Waals surface area contributed by atoms with E-state index in [0.29, 0.717) is 5.70 Å². The lowest BCUT2D eigenvalue weighted by Gasteiger charge is -2.25. The number of carbonyl (C=O) groups excluding carboxylic acids is 3. The van der Waals surface area contributed by atoms with Gasteiger partial charge in [-0.2, -0.15) is 0 Å². The molecule has 0 aliphatic carbocycles. The Kier molecular flexibility index (Phi) is 5.64. The van der Waals surface area contributed by atoms with E-state index in [-0.39, 0.29) is 0 Å². The first-order chi connectivity index (χ1) is 12.5. The summed E-state index contributed by atoms with van der Waals surface area (Å²) in [4.78, 5) is 40.0. The van der Waals surface area contributed by atoms with Gasteiger partial charge in [0.05, 0.1) is 13.2 Å². The highest BCUT2D eigenvalue weighted by Gasteiger charge is 2.37. The van der Waals surface area contributed by atoms with Gasteiger partial charge < -0.3 is 9.64 Å². The van der Waals surface area contributed by atoms with Crippen molar-refractivity contribution in [2.24, 2.45) is 5.92 Å². The molecule has 1 saturated heterocycles. The fraction of sp³-hybridized carbons (Fsp3) is 0.350. The molecule has 0 radical (unpaired) electrons. The smallest absolute Gasteiger partial charge is 0.245 e. The second-order valence-corrected chi connectivity index (χ2v) is 7.56. The number of ketones is 2. The van der Waals surface area contributed by atoms with Crippen LogP contribution in [0.5, 0.6) is 0 Å². The van der Waals surface area contributed by atoms with Gasteiger partial charge >= 0.3 is 0 Å². The van der Waals surface area contributed by atoms with Crippen LogP contribution in [0, 0.1) is 5.92 Å². The largest absolute Gasteiger partial charge is 0.381 e. The van der Waals surface area contributed by atoms with Gasteiger partial charge in [-0.05, 0) is 50.1 Å². The van der Waals surface area contributed by atoms with Gasteiger partial charge in [-0.25, -0.2) is 0 Å². The average molecular weight is 371 g/mol. The molecule has 1 aromatic rings. The minimum atomic E-state index is -1.26. The summed E-state index contributed by atoms with van der Waals surface area (Å²) >= 11 is 1.57. The minimum Gasteiger partial charge on any atom is -0.381 e. The predicted octanol–water partition coefficient (Wildman–Crippen LogP) is 3.09. The Morgan fingerprint density at radius 2 is 1.92 bits per heavy atom. The summed E-state index contributed by atoms with van der Waals surface area (Å²) in [5.41, 5.74) is 1.92. The molecule has 136 valence electrons. The molecule has 1 unspecified atom stereocenters. The SMILES string of the molecule is CC1=CC(=O)C(C(=O)/C=C/c2ccc(C=C3CCOCC3)s2)C(=O)N1C. The first-order valence-electron chi connectivity index (χ1n) is 8.54. The lowest BCUT2D eigenvalue weighted by molar-refractivity contribution is -0.142. The molecule has 6 heteroatoms. The molecule has 0 saturated carbocycles. The maximum atomic E-state index is 12.4. The number of hydrogen-bond acceptors (Lipinski definition) is 5. The molecule has 0 aromatic carbocycles. The zero-order valence-electron chi connectivity index (χ0n) is 14.9. The Morgan fingerprint density at radius 1 is 1.23 bits per heavy atom. The van der Waals surface area contributed by atoms with Crippen molar-refractivity contribution < 1.29 is 19.1 Å². The summed E-state index contributed by atoms with van der Waals surface area (Å²) in [5, 5.41) is 0. The van der Waals surface area contributed by atoms with E-state index in [1.54, 1.807) is 31.4 Å². The monoisotopic (exact) mass is 371 g/mol. The van der Waals surface area contributed by atoms with Crippen LogP contribution in [0.2, 0.25) is 0 Å². The van der Waals surface area contributed by atoms with Crippen molar-refractivity contribution in [2.45, 2.75) is 19.8 Å². The van der Waals surface area contributed by atoms with Crippen molar-refractivity contribution >= 4 is 41.0 Å². The van der Waals surface area contributed by atoms with Crippen LogP contribution < -0.4 is 0 Å². The lowest BCUT2D eigenvalue weighted by atomic mass is 9.93. The highest BCUT2D eigenvalue weighted by atomic mass is 32.1. The van der Waals surface area contributed by atoms with E-state index in [9.17, 15) is 14.4 Å². The molecule has 3 heterocycles. The Bertz CT molecular complexity index is 823. The predicted molar refractivity (Wildman–Crippen MR) is 101 cm³/mol. The minimum absolute atomic E-state index is 0.448. The van der Waals surface area contributed by atoms with Crippen LogP contribution in [0.3, 0.4) is 0 Å². The Balaban J connectivity index is 1.69. The maximum Gasteiger partial charge on any atom is 0.245 e. The van der Waals surface area contributed by atoms with Crippen molar-refractivity contribution in [2.75, 3.05) is 20.3 Å². The molecular formula is C20H21NO4S. The van der Waals surface area contributed by atoms with Gasteiger partial charge in [0.1, 0.15) is 0 Å². The normalized spacial score (nSPS) is 21.3. The molecule has 3 rings (SSSR count). The Morgan fingerprint density at radius 3 is 2.65 bits per heavy atom. The molecule has 0 N–H and O–H groups in total. The van der Waals surface area contributed by atoms with Crippen molar-refractivity contribution in [3.63, 3.8) is 0 Å². The van der Waals surface area contributed by atoms with Crippen LogP contribution in [-0.2, 0) is 19.1 Å². The molecule has 1 atom stereocenters. The van der Waals surface area contributed by atoms with E-state index in [4.69, 9.17) is 4.74 Å². The van der Waals surface area contributed by atoms with E-state index in [2.05, 4.69) is 6.08 Å². The van der Waals surface area contributed by atoms with Crippen LogP contribution in [0.4, 0.5) is 0 Å². The van der Waals surface area contributed by atoms with E-state index >= 15 is 0 Å². The third kappa shape index (κ3) is 4.08. The van der Waals surface area contributed by atoms with Gasteiger partial charge in [-0.1, -0.05) is 5.57 Å². The molecule has 1 amide bonds. The first kappa shape index (κ1) is 18.5. The summed E-state index contributed by atoms with van der Waals surface area (Å²) in [6, 6.07) is 3.94. The van der Waals surface area contributed by atoms with E-state index in [1.807, 2.05) is 12.1 Å². The maximum absolute atomic E-state index is 12.4. The van der Waals surface area contributed by atoms with Crippen LogP contribution >= 0.6 is 11.3 Å². The van der Waals surface area contributed by atoms with E-state index < -0.39 is 23.4 Å². The van der Waals surface area contributed by atoms with Gasteiger partial charge in [0.25, 0.3) is 0 Å². The summed E-state index contributed by atoms with van der Waals surface area (Å²) in [6.45, 7) is 3.21. The summed E-state index contributed by atoms with van der Waals surface area (Å²) in [7, 11) is 1.57. The summed E-state index contributed by atoms with van der Waals surface area (Å²) < 4.78 is 5.35. The summed E-state index contributed by atoms with van der Waals surface area (Å²) in [5.74, 6) is -2.66. The zero-order chi connectivity index (χ0) is 18.7. The second-order valence-electron chi connectivity index (χ2n) is 6.41. The number of nitrogens with zero attached hydrogens (tertiary/aromatic N) is 1. The van der Waals surface area contributed by atoms with Crippen LogP contribution in [0.1, 0.15) is 29.5 Å². The number of allylic oxidation sites excluding steroid dienone is 3. The van der Waals surface area contributed by atoms with Crippen LogP contribution in [-0.4, -0.2) is 42.6 Å². The zero-order valence-corrected chi connectivity index (χ0v) is 15.7. The molecule has 2 aliphatic heterocycles. The van der Waals surface area contributed by atoms with Crippen molar-refractivity contribution in [3.05, 3.63) is 45.3 Å². The molecule has 1 fully saturated rings. The van der Waals surface area contributed by atoms with Crippen molar-refractivity contribution in [3.8, 4) is 0 Å². The third-order valence-corrected chi connectivity index (χ3v) is 5.57. The number of hydrogen-bond donors (Lipinski definition) is 0. The fourth-order valence-electron chi connectivity index (χ4n) is 2.91. The fourth-order valence-corrected chi connectivity index (χ4v) is 3.82. The molecule has 5 nitrogen and oxygen atoms in total. The number of thiophene rings is 1. The van der Waals surface area contributed by atoms with Gasteiger partial charge in [0.15, 0.2) is 17.5 Å². The van der Waals surface area contributed by atoms with Gasteiger partial charge in [0.2, 0.25) is 5.91 Å². The van der Waals surface area contributed by atoms with Gasteiger partial charge in [-0.3, -0.25) is 14.4 Å². The van der Waals surface area contributed by atoms with E-state index in [1.165, 1.54) is 22.6 Å². The standard InChI is InChI=1S/C20H21NO4S/c1-13-11-18(23)19(20(24)21(13)2)17(22)6-5-15-3-4-16(26-15)12-14-7-9-25-10-8-14/h3-6,11-12,19H,7-10H2,1-2H3/b6-5+. The highest BCUT2D eigenvalue weighted by molar-refractivity contribution is 7.13. The molecule has 26 heavy (non-hydrogen) atoms. The van der Waals surface area contributed by atoms with Gasteiger partial charge in [0, 0.05) is 28.6 Å². The number of rotatable bonds is 4. The summed E-state index contributed by atoms with van der Waals surface area (Å²) in [6.07, 6.45) is 8.43. The molecule has 2 aliphatic rings. The highest BCUT2D eigenvalue weighted by Crippen LogP contribution is 2.25. The van der Waals surface area contributed by atoms with Crippen molar-refractivity contribution in [1.82, 2.24) is 4.90 Å². The van der Waals surface area contributed by atoms with Gasteiger partial charge in [-0.15, -0.1) is 11.3 Å². The Hall–Kier alpha value is -2.31. The van der Waals surface area contributed by atoms with Crippen LogP contribution in [0.15, 0.2) is 35.6 Å². The molecule has 0 spiro atoms. The lowest BCUT2D eigenvalue weighted by Crippen LogP contribution is -2.43. The van der Waals surface area contributed by atoms with E-state index in [0.717, 1.165) is 35.8 Å². The molecule has 0 bridgehead atoms. The quantitative estimate of drug-likeness (QED) is 0.603. The molecule has 1 aromatic heterocycles. The number of carbonyl (C=O) groups is 3. The Labute approximate surface area is 156 Å². The van der Waals surface area contributed by atoms with Crippen LogP contribution in [0.25, 0.3) is 12.2 Å². The molecular weight excluding hydrogens is 350 g/mol. The average Bonchev–Trinajstić information content (AvgIpc) is 3.06. The second kappa shape index (κ2) is 7.93. The number of ether oxygens (including phenoxy) is 1. The first-order valence-corrected chi connectivity index (χ1v) is 9.36. The topological polar surface area (TPSA) is 63.7 Å². The van der Waals surface area contributed by atoms with Crippen molar-refractivity contribution in [1.29, 1.82) is 0 Å². The third-order valence-electron chi connectivity index (χ3n) is 4.57. The number of amides is 1.